The second-order valence-corrected chi connectivity index (χ2v) is 10.7. The summed E-state index contributed by atoms with van der Waals surface area (Å²) in [7, 11) is -3.85. The van der Waals surface area contributed by atoms with E-state index in [4.69, 9.17) is 21.8 Å². The molecule has 2 heterocycles. The molecule has 32 heavy (non-hydrogen) atoms. The highest BCUT2D eigenvalue weighted by Crippen LogP contribution is 2.37. The van der Waals surface area contributed by atoms with Gasteiger partial charge in [-0.15, -0.1) is 10.2 Å². The average molecular weight is 483 g/mol. The van der Waals surface area contributed by atoms with Crippen molar-refractivity contribution in [3.63, 3.8) is 0 Å². The summed E-state index contributed by atoms with van der Waals surface area (Å²) in [5.74, 6) is -1.75. The quantitative estimate of drug-likeness (QED) is 0.602. The maximum absolute atomic E-state index is 15.0. The van der Waals surface area contributed by atoms with Gasteiger partial charge in [-0.1, -0.05) is 23.7 Å². The summed E-state index contributed by atoms with van der Waals surface area (Å²) >= 11 is 5.96. The van der Waals surface area contributed by atoms with Crippen molar-refractivity contribution in [2.24, 2.45) is 5.73 Å². The van der Waals surface area contributed by atoms with Crippen molar-refractivity contribution in [2.75, 3.05) is 17.2 Å². The second kappa shape index (κ2) is 8.09. The van der Waals surface area contributed by atoms with E-state index in [-0.39, 0.29) is 40.2 Å². The standard InChI is InChI=1S/C21H21ClF2N4O3S/c1-21(2,24)20-27-26-19(31-20)15-7-17-18(8-16(15)23)32(29,30)11-14(25)10-28(17)9-12-3-5-13(22)6-4-12/h3-8,14H,9-11,25H2,1-2H3/t14-/m1/s1. The number of hydrogen-bond acceptors (Lipinski definition) is 7. The van der Waals surface area contributed by atoms with Gasteiger partial charge < -0.3 is 15.1 Å². The van der Waals surface area contributed by atoms with Crippen LogP contribution in [0.25, 0.3) is 11.5 Å². The van der Waals surface area contributed by atoms with Crippen LogP contribution in [0.5, 0.6) is 0 Å². The molecule has 7 nitrogen and oxygen atoms in total. The molecule has 0 spiro atoms. The van der Waals surface area contributed by atoms with Crippen LogP contribution in [0.15, 0.2) is 45.7 Å². The van der Waals surface area contributed by atoms with Crippen LogP contribution >= 0.6 is 11.6 Å². The molecule has 2 N–H and O–H groups in total. The van der Waals surface area contributed by atoms with Crippen LogP contribution in [-0.4, -0.2) is 37.0 Å². The molecular weight excluding hydrogens is 462 g/mol. The van der Waals surface area contributed by atoms with Gasteiger partial charge in [0.1, 0.15) is 5.82 Å². The highest BCUT2D eigenvalue weighted by molar-refractivity contribution is 7.91. The maximum Gasteiger partial charge on any atom is 0.253 e. The molecule has 0 bridgehead atoms. The maximum atomic E-state index is 15.0. The van der Waals surface area contributed by atoms with Crippen molar-refractivity contribution in [2.45, 2.75) is 37.0 Å². The van der Waals surface area contributed by atoms with E-state index in [1.54, 1.807) is 17.0 Å². The third-order valence-corrected chi connectivity index (χ3v) is 7.18. The Morgan fingerprint density at radius 2 is 1.94 bits per heavy atom. The molecule has 0 amide bonds. The molecule has 1 aliphatic heterocycles. The monoisotopic (exact) mass is 482 g/mol. The normalized spacial score (nSPS) is 18.3. The van der Waals surface area contributed by atoms with Crippen molar-refractivity contribution >= 4 is 27.1 Å². The van der Waals surface area contributed by atoms with Gasteiger partial charge in [-0.3, -0.25) is 0 Å². The number of nitrogens with two attached hydrogens (primary N) is 1. The van der Waals surface area contributed by atoms with Crippen LogP contribution in [0.3, 0.4) is 0 Å². The number of hydrogen-bond donors (Lipinski definition) is 1. The van der Waals surface area contributed by atoms with Crippen LogP contribution in [0, 0.1) is 5.82 Å². The molecule has 0 saturated heterocycles. The van der Waals surface area contributed by atoms with Gasteiger partial charge in [0.15, 0.2) is 15.5 Å². The van der Waals surface area contributed by atoms with E-state index in [1.165, 1.54) is 19.9 Å². The van der Waals surface area contributed by atoms with Gasteiger partial charge in [0.2, 0.25) is 0 Å². The second-order valence-electron chi connectivity index (χ2n) is 8.23. The molecule has 0 aliphatic carbocycles. The lowest BCUT2D eigenvalue weighted by molar-refractivity contribution is 0.171. The van der Waals surface area contributed by atoms with E-state index >= 15 is 0 Å². The summed E-state index contributed by atoms with van der Waals surface area (Å²) in [4.78, 5) is 1.58. The van der Waals surface area contributed by atoms with Crippen molar-refractivity contribution < 1.29 is 21.6 Å². The lowest BCUT2D eigenvalue weighted by atomic mass is 10.1. The number of nitrogens with zero attached hydrogens (tertiary/aromatic N) is 3. The van der Waals surface area contributed by atoms with Crippen LogP contribution in [0.1, 0.15) is 25.3 Å². The van der Waals surface area contributed by atoms with E-state index in [1.807, 2.05) is 12.1 Å². The minimum absolute atomic E-state index is 0.126. The summed E-state index contributed by atoms with van der Waals surface area (Å²) < 4.78 is 60.3. The zero-order valence-corrected chi connectivity index (χ0v) is 18.9. The Morgan fingerprint density at radius 3 is 2.56 bits per heavy atom. The minimum atomic E-state index is -3.85. The molecule has 1 aliphatic rings. The summed E-state index contributed by atoms with van der Waals surface area (Å²) in [6.07, 6.45) is 0. The van der Waals surface area contributed by atoms with Gasteiger partial charge in [-0.25, -0.2) is 17.2 Å². The Kier molecular flexibility index (Phi) is 5.72. The van der Waals surface area contributed by atoms with Gasteiger partial charge in [0.25, 0.3) is 11.8 Å². The minimum Gasteiger partial charge on any atom is -0.417 e. The molecule has 2 aromatic carbocycles. The van der Waals surface area contributed by atoms with Crippen molar-refractivity contribution in [3.05, 3.63) is 58.7 Å². The molecule has 3 aromatic rings. The molecule has 1 atom stereocenters. The number of sulfone groups is 1. The number of aromatic nitrogens is 2. The first-order valence-corrected chi connectivity index (χ1v) is 11.8. The predicted molar refractivity (Wildman–Crippen MR) is 116 cm³/mol. The van der Waals surface area contributed by atoms with Crippen molar-refractivity contribution in [3.8, 4) is 11.5 Å². The van der Waals surface area contributed by atoms with E-state index in [2.05, 4.69) is 10.2 Å². The number of rotatable bonds is 4. The third-order valence-electron chi connectivity index (χ3n) is 5.06. The number of alkyl halides is 1. The van der Waals surface area contributed by atoms with E-state index in [9.17, 15) is 17.2 Å². The van der Waals surface area contributed by atoms with Crippen LogP contribution in [-0.2, 0) is 22.1 Å². The molecule has 0 radical (unpaired) electrons. The van der Waals surface area contributed by atoms with Crippen molar-refractivity contribution in [1.82, 2.24) is 10.2 Å². The van der Waals surface area contributed by atoms with Crippen LogP contribution < -0.4 is 10.6 Å². The molecule has 170 valence electrons. The fourth-order valence-corrected chi connectivity index (χ4v) is 5.31. The lowest BCUT2D eigenvalue weighted by Gasteiger charge is -2.26. The Morgan fingerprint density at radius 1 is 1.25 bits per heavy atom. The number of anilines is 1. The Balaban J connectivity index is 1.84. The fourth-order valence-electron chi connectivity index (χ4n) is 3.54. The highest BCUT2D eigenvalue weighted by Gasteiger charge is 2.33. The summed E-state index contributed by atoms with van der Waals surface area (Å²) in [6.45, 7) is 3.00. The average Bonchev–Trinajstić information content (AvgIpc) is 3.16. The first-order valence-electron chi connectivity index (χ1n) is 9.78. The van der Waals surface area contributed by atoms with E-state index in [0.29, 0.717) is 11.6 Å². The van der Waals surface area contributed by atoms with Gasteiger partial charge in [-0.2, -0.15) is 0 Å². The fraction of sp³-hybridized carbons (Fsp3) is 0.333. The Labute approximate surface area is 189 Å². The Hall–Kier alpha value is -2.56. The van der Waals surface area contributed by atoms with Gasteiger partial charge in [-0.05, 0) is 43.7 Å². The molecular formula is C21H21ClF2N4O3S. The zero-order valence-electron chi connectivity index (χ0n) is 17.3. The van der Waals surface area contributed by atoms with Crippen LogP contribution in [0.4, 0.5) is 14.5 Å². The lowest BCUT2D eigenvalue weighted by Crippen LogP contribution is -2.39. The molecule has 11 heteroatoms. The first kappa shape index (κ1) is 22.6. The number of fused-ring (bicyclic) bond motifs is 1. The SMILES string of the molecule is CC(C)(F)c1nnc(-c2cc3c(cc2F)S(=O)(=O)C[C@H](N)CN3Cc2ccc(Cl)cc2)o1. The van der Waals surface area contributed by atoms with E-state index < -0.39 is 27.4 Å². The third kappa shape index (κ3) is 4.48. The number of benzene rings is 2. The molecule has 1 aromatic heterocycles. The smallest absolute Gasteiger partial charge is 0.253 e. The first-order chi connectivity index (χ1) is 14.9. The largest absolute Gasteiger partial charge is 0.417 e. The van der Waals surface area contributed by atoms with Crippen LogP contribution in [0.2, 0.25) is 5.02 Å². The summed E-state index contributed by atoms with van der Waals surface area (Å²) in [5, 5.41) is 7.97. The Bertz CT molecular complexity index is 1260. The van der Waals surface area contributed by atoms with E-state index in [0.717, 1.165) is 11.6 Å². The van der Waals surface area contributed by atoms with Gasteiger partial charge in [0, 0.05) is 24.2 Å². The van der Waals surface area contributed by atoms with Gasteiger partial charge >= 0.3 is 0 Å². The molecule has 4 rings (SSSR count). The number of halogens is 3. The molecule has 0 saturated carbocycles. The summed E-state index contributed by atoms with van der Waals surface area (Å²) in [6, 6.07) is 8.64. The molecule has 0 fully saturated rings. The molecule has 0 unspecified atom stereocenters. The van der Waals surface area contributed by atoms with Crippen molar-refractivity contribution in [1.29, 1.82) is 0 Å². The summed E-state index contributed by atoms with van der Waals surface area (Å²) in [5.41, 5.74) is 5.15. The zero-order chi connectivity index (χ0) is 23.3. The topological polar surface area (TPSA) is 102 Å². The highest BCUT2D eigenvalue weighted by atomic mass is 35.5. The van der Waals surface area contributed by atoms with Gasteiger partial charge in [0.05, 0.1) is 21.9 Å². The predicted octanol–water partition coefficient (Wildman–Crippen LogP) is 3.85.